The Labute approximate surface area is 77.4 Å². The van der Waals surface area contributed by atoms with Crippen molar-refractivity contribution in [3.8, 4) is 11.5 Å². The lowest BCUT2D eigenvalue weighted by atomic mass is 10.2. The van der Waals surface area contributed by atoms with Crippen molar-refractivity contribution in [1.82, 2.24) is 0 Å². The van der Waals surface area contributed by atoms with Crippen LogP contribution >= 0.6 is 0 Å². The van der Waals surface area contributed by atoms with Crippen molar-refractivity contribution >= 4 is 5.97 Å². The Kier molecular flexibility index (Phi) is 2.85. The quantitative estimate of drug-likeness (QED) is 0.786. The van der Waals surface area contributed by atoms with Gasteiger partial charge in [-0.05, 0) is 18.2 Å². The van der Waals surface area contributed by atoms with Gasteiger partial charge in [0.2, 0.25) is 0 Å². The van der Waals surface area contributed by atoms with Gasteiger partial charge in [-0.2, -0.15) is 8.78 Å². The van der Waals surface area contributed by atoms with E-state index in [2.05, 4.69) is 4.74 Å². The summed E-state index contributed by atoms with van der Waals surface area (Å²) in [5.74, 6) is -2.38. The van der Waals surface area contributed by atoms with E-state index in [1.165, 1.54) is 0 Å². The smallest absolute Gasteiger partial charge is 0.387 e. The van der Waals surface area contributed by atoms with Gasteiger partial charge in [-0.1, -0.05) is 0 Å². The van der Waals surface area contributed by atoms with E-state index in [9.17, 15) is 13.6 Å². The summed E-state index contributed by atoms with van der Waals surface area (Å²) in [7, 11) is 0. The summed E-state index contributed by atoms with van der Waals surface area (Å²) in [5.41, 5.74) is -0.238. The lowest BCUT2D eigenvalue weighted by molar-refractivity contribution is -0.0513. The van der Waals surface area contributed by atoms with Gasteiger partial charge in [-0.25, -0.2) is 4.79 Å². The highest BCUT2D eigenvalue weighted by atomic mass is 19.3. The maximum atomic E-state index is 11.8. The number of aromatic hydroxyl groups is 1. The summed E-state index contributed by atoms with van der Waals surface area (Å²) in [6.07, 6.45) is 0. The minimum Gasteiger partial charge on any atom is -0.504 e. The first kappa shape index (κ1) is 10.2. The number of carboxylic acid groups (broad SMARTS) is 1. The lowest BCUT2D eigenvalue weighted by Gasteiger charge is -2.06. The van der Waals surface area contributed by atoms with Crippen LogP contribution in [0.3, 0.4) is 0 Å². The van der Waals surface area contributed by atoms with E-state index in [0.29, 0.717) is 0 Å². The molecule has 1 rings (SSSR count). The van der Waals surface area contributed by atoms with Gasteiger partial charge in [0.05, 0.1) is 5.56 Å². The molecule has 0 atom stereocenters. The Hall–Kier alpha value is -1.85. The third-order valence-electron chi connectivity index (χ3n) is 1.42. The molecule has 0 saturated carbocycles. The molecule has 2 N–H and O–H groups in total. The highest BCUT2D eigenvalue weighted by Crippen LogP contribution is 2.28. The van der Waals surface area contributed by atoms with Gasteiger partial charge < -0.3 is 14.9 Å². The van der Waals surface area contributed by atoms with E-state index in [1.54, 1.807) is 0 Å². The van der Waals surface area contributed by atoms with E-state index < -0.39 is 24.1 Å². The van der Waals surface area contributed by atoms with Crippen LogP contribution in [0.15, 0.2) is 18.2 Å². The van der Waals surface area contributed by atoms with Crippen molar-refractivity contribution in [2.75, 3.05) is 0 Å². The second-order valence-corrected chi connectivity index (χ2v) is 2.37. The fourth-order valence-electron chi connectivity index (χ4n) is 0.838. The van der Waals surface area contributed by atoms with Crippen LogP contribution in [0.25, 0.3) is 0 Å². The molecule has 0 radical (unpaired) electrons. The molecule has 0 heterocycles. The molecular formula is C8H6F2O4. The second kappa shape index (κ2) is 3.91. The predicted molar refractivity (Wildman–Crippen MR) is 41.7 cm³/mol. The first-order valence-corrected chi connectivity index (χ1v) is 3.52. The minimum absolute atomic E-state index is 0.238. The summed E-state index contributed by atoms with van der Waals surface area (Å²) < 4.78 is 27.4. The van der Waals surface area contributed by atoms with Crippen LogP contribution in [0, 0.1) is 0 Å². The molecule has 0 unspecified atom stereocenters. The maximum absolute atomic E-state index is 11.8. The monoisotopic (exact) mass is 204 g/mol. The van der Waals surface area contributed by atoms with E-state index in [1.807, 2.05) is 0 Å². The zero-order valence-electron chi connectivity index (χ0n) is 6.78. The van der Waals surface area contributed by atoms with E-state index in [0.717, 1.165) is 18.2 Å². The summed E-state index contributed by atoms with van der Waals surface area (Å²) in [4.78, 5) is 10.4. The number of rotatable bonds is 3. The molecule has 0 aliphatic rings. The summed E-state index contributed by atoms with van der Waals surface area (Å²) >= 11 is 0. The Morgan fingerprint density at radius 3 is 2.57 bits per heavy atom. The Balaban J connectivity index is 3.02. The highest BCUT2D eigenvalue weighted by Gasteiger charge is 2.12. The van der Waals surface area contributed by atoms with Crippen LogP contribution in [0.1, 0.15) is 10.4 Å². The van der Waals surface area contributed by atoms with Crippen LogP contribution in [-0.2, 0) is 0 Å². The van der Waals surface area contributed by atoms with Gasteiger partial charge >= 0.3 is 12.6 Å². The maximum Gasteiger partial charge on any atom is 0.387 e. The van der Waals surface area contributed by atoms with E-state index >= 15 is 0 Å². The molecule has 76 valence electrons. The molecule has 14 heavy (non-hydrogen) atoms. The topological polar surface area (TPSA) is 66.8 Å². The van der Waals surface area contributed by atoms with Gasteiger partial charge in [0.25, 0.3) is 0 Å². The van der Waals surface area contributed by atoms with E-state index in [-0.39, 0.29) is 5.56 Å². The standard InChI is InChI=1S/C8H6F2O4/c9-8(10)14-6-3-4(7(12)13)1-2-5(6)11/h1-3,8,11H,(H,12,13). The average Bonchev–Trinajstić information content (AvgIpc) is 2.07. The number of halogens is 2. The third-order valence-corrected chi connectivity index (χ3v) is 1.42. The number of aromatic carboxylic acids is 1. The van der Waals surface area contributed by atoms with Crippen LogP contribution in [0.2, 0.25) is 0 Å². The molecule has 0 aromatic heterocycles. The molecule has 1 aromatic carbocycles. The number of phenols is 1. The molecule has 0 aliphatic heterocycles. The van der Waals surface area contributed by atoms with Crippen molar-refractivity contribution in [1.29, 1.82) is 0 Å². The van der Waals surface area contributed by atoms with Crippen LogP contribution in [-0.4, -0.2) is 22.8 Å². The molecule has 6 heteroatoms. The predicted octanol–water partition coefficient (Wildman–Crippen LogP) is 1.69. The molecule has 0 fully saturated rings. The average molecular weight is 204 g/mol. The Morgan fingerprint density at radius 2 is 2.07 bits per heavy atom. The first-order valence-electron chi connectivity index (χ1n) is 3.52. The SMILES string of the molecule is O=C(O)c1ccc(O)c(OC(F)F)c1. The van der Waals surface area contributed by atoms with Gasteiger partial charge in [0.15, 0.2) is 11.5 Å². The van der Waals surface area contributed by atoms with Crippen molar-refractivity contribution in [3.05, 3.63) is 23.8 Å². The number of carboxylic acids is 1. The number of hydrogen-bond acceptors (Lipinski definition) is 3. The first-order chi connectivity index (χ1) is 6.50. The van der Waals surface area contributed by atoms with Crippen LogP contribution in [0.4, 0.5) is 8.78 Å². The minimum atomic E-state index is -3.11. The number of carbonyl (C=O) groups is 1. The number of benzene rings is 1. The highest BCUT2D eigenvalue weighted by molar-refractivity contribution is 5.88. The molecule has 0 aliphatic carbocycles. The third kappa shape index (κ3) is 2.32. The molecule has 0 saturated heterocycles. The van der Waals surface area contributed by atoms with Gasteiger partial charge in [0, 0.05) is 0 Å². The van der Waals surface area contributed by atoms with Crippen LogP contribution < -0.4 is 4.74 Å². The normalized spacial score (nSPS) is 10.2. The summed E-state index contributed by atoms with van der Waals surface area (Å²) in [6.45, 7) is -3.11. The van der Waals surface area contributed by atoms with Gasteiger partial charge in [0.1, 0.15) is 0 Å². The summed E-state index contributed by atoms with van der Waals surface area (Å²) in [6, 6.07) is 2.88. The lowest BCUT2D eigenvalue weighted by Crippen LogP contribution is -2.04. The molecule has 0 amide bonds. The van der Waals surface area contributed by atoms with Crippen molar-refractivity contribution < 1.29 is 28.5 Å². The summed E-state index contributed by atoms with van der Waals surface area (Å²) in [5, 5.41) is 17.5. The number of alkyl halides is 2. The number of hydrogen-bond donors (Lipinski definition) is 2. The molecule has 0 bridgehead atoms. The fourth-order valence-corrected chi connectivity index (χ4v) is 0.838. The number of phenolic OH excluding ortho intramolecular Hbond substituents is 1. The zero-order chi connectivity index (χ0) is 10.7. The zero-order valence-corrected chi connectivity index (χ0v) is 6.78. The number of ether oxygens (including phenoxy) is 1. The van der Waals surface area contributed by atoms with Gasteiger partial charge in [-0.3, -0.25) is 0 Å². The molecule has 1 aromatic rings. The van der Waals surface area contributed by atoms with Crippen LogP contribution in [0.5, 0.6) is 11.5 Å². The fraction of sp³-hybridized carbons (Fsp3) is 0.125. The van der Waals surface area contributed by atoms with Crippen molar-refractivity contribution in [2.24, 2.45) is 0 Å². The molecule has 4 nitrogen and oxygen atoms in total. The Bertz CT molecular complexity index is 351. The van der Waals surface area contributed by atoms with Gasteiger partial charge in [-0.15, -0.1) is 0 Å². The Morgan fingerprint density at radius 1 is 1.43 bits per heavy atom. The molecule has 0 spiro atoms. The molecular weight excluding hydrogens is 198 g/mol. The van der Waals surface area contributed by atoms with Crippen molar-refractivity contribution in [3.63, 3.8) is 0 Å². The largest absolute Gasteiger partial charge is 0.504 e. The van der Waals surface area contributed by atoms with Crippen molar-refractivity contribution in [2.45, 2.75) is 6.61 Å². The van der Waals surface area contributed by atoms with E-state index in [4.69, 9.17) is 10.2 Å². The second-order valence-electron chi connectivity index (χ2n) is 2.37.